The molecule has 0 amide bonds. The highest BCUT2D eigenvalue weighted by atomic mass is 16.3. The van der Waals surface area contributed by atoms with E-state index in [2.05, 4.69) is 27.7 Å². The molecule has 4 nitrogen and oxygen atoms in total. The fraction of sp³-hybridized carbons (Fsp3) is 1.00. The summed E-state index contributed by atoms with van der Waals surface area (Å²) in [6, 6.07) is 0.447. The Morgan fingerprint density at radius 1 is 0.875 bits per heavy atom. The lowest BCUT2D eigenvalue weighted by Gasteiger charge is -2.47. The SMILES string of the molecule is CCC(C)N(C(C)CC)C(CO)(CO)CO. The van der Waals surface area contributed by atoms with Gasteiger partial charge in [0.15, 0.2) is 0 Å². The molecule has 16 heavy (non-hydrogen) atoms. The molecule has 4 heteroatoms. The predicted molar refractivity (Wildman–Crippen MR) is 65.3 cm³/mol. The Kier molecular flexibility index (Phi) is 7.15. The molecule has 0 aromatic heterocycles. The van der Waals surface area contributed by atoms with E-state index in [0.29, 0.717) is 0 Å². The molecule has 0 aromatic carbocycles. The van der Waals surface area contributed by atoms with Crippen LogP contribution in [0.3, 0.4) is 0 Å². The van der Waals surface area contributed by atoms with Crippen LogP contribution < -0.4 is 0 Å². The first-order valence-corrected chi connectivity index (χ1v) is 6.13. The summed E-state index contributed by atoms with van der Waals surface area (Å²) in [6.07, 6.45) is 1.85. The monoisotopic (exact) mass is 233 g/mol. The Bertz CT molecular complexity index is 165. The van der Waals surface area contributed by atoms with E-state index >= 15 is 0 Å². The van der Waals surface area contributed by atoms with Crippen LogP contribution in [0.15, 0.2) is 0 Å². The van der Waals surface area contributed by atoms with Crippen molar-refractivity contribution in [3.05, 3.63) is 0 Å². The molecule has 0 aliphatic heterocycles. The predicted octanol–water partition coefficient (Wildman–Crippen LogP) is 0.601. The maximum Gasteiger partial charge on any atom is 0.0911 e. The molecule has 0 saturated carbocycles. The third kappa shape index (κ3) is 3.17. The third-order valence-electron chi connectivity index (χ3n) is 3.56. The maximum absolute atomic E-state index is 9.47. The van der Waals surface area contributed by atoms with E-state index in [1.165, 1.54) is 0 Å². The van der Waals surface area contributed by atoms with Crippen molar-refractivity contribution in [3.8, 4) is 0 Å². The summed E-state index contributed by atoms with van der Waals surface area (Å²) in [4.78, 5) is 2.05. The molecule has 0 bridgehead atoms. The van der Waals surface area contributed by atoms with E-state index < -0.39 is 5.54 Å². The highest BCUT2D eigenvalue weighted by Crippen LogP contribution is 2.24. The van der Waals surface area contributed by atoms with Gasteiger partial charge in [-0.1, -0.05) is 13.8 Å². The van der Waals surface area contributed by atoms with Crippen LogP contribution in [0, 0.1) is 0 Å². The van der Waals surface area contributed by atoms with Gasteiger partial charge in [-0.3, -0.25) is 4.90 Å². The van der Waals surface area contributed by atoms with Crippen LogP contribution >= 0.6 is 0 Å². The molecule has 0 rings (SSSR count). The number of hydrogen-bond acceptors (Lipinski definition) is 4. The number of aliphatic hydroxyl groups excluding tert-OH is 3. The van der Waals surface area contributed by atoms with Crippen molar-refractivity contribution in [2.75, 3.05) is 19.8 Å². The van der Waals surface area contributed by atoms with Gasteiger partial charge in [-0.15, -0.1) is 0 Å². The molecule has 2 unspecified atom stereocenters. The van der Waals surface area contributed by atoms with Crippen molar-refractivity contribution >= 4 is 0 Å². The van der Waals surface area contributed by atoms with Crippen LogP contribution in [0.5, 0.6) is 0 Å². The summed E-state index contributed by atoms with van der Waals surface area (Å²) in [7, 11) is 0. The normalized spacial score (nSPS) is 16.5. The van der Waals surface area contributed by atoms with Gasteiger partial charge in [0.05, 0.1) is 25.4 Å². The van der Waals surface area contributed by atoms with Gasteiger partial charge < -0.3 is 15.3 Å². The molecule has 0 aliphatic carbocycles. The Morgan fingerprint density at radius 3 is 1.38 bits per heavy atom. The second-order valence-corrected chi connectivity index (χ2v) is 4.62. The zero-order valence-electron chi connectivity index (χ0n) is 11.0. The van der Waals surface area contributed by atoms with Crippen molar-refractivity contribution in [3.63, 3.8) is 0 Å². The van der Waals surface area contributed by atoms with Gasteiger partial charge in [-0.2, -0.15) is 0 Å². The molecule has 0 fully saturated rings. The first-order valence-electron chi connectivity index (χ1n) is 6.13. The van der Waals surface area contributed by atoms with Crippen LogP contribution in [0.2, 0.25) is 0 Å². The van der Waals surface area contributed by atoms with Crippen molar-refractivity contribution in [2.45, 2.75) is 58.2 Å². The van der Waals surface area contributed by atoms with E-state index in [9.17, 15) is 15.3 Å². The number of aliphatic hydroxyl groups is 3. The second-order valence-electron chi connectivity index (χ2n) is 4.62. The molecule has 0 saturated heterocycles. The highest BCUT2D eigenvalue weighted by Gasteiger charge is 2.39. The van der Waals surface area contributed by atoms with Crippen molar-refractivity contribution in [1.29, 1.82) is 0 Å². The molecule has 0 spiro atoms. The van der Waals surface area contributed by atoms with E-state index in [4.69, 9.17) is 0 Å². The van der Waals surface area contributed by atoms with Crippen LogP contribution in [0.4, 0.5) is 0 Å². The van der Waals surface area contributed by atoms with Gasteiger partial charge >= 0.3 is 0 Å². The Hall–Kier alpha value is -0.160. The van der Waals surface area contributed by atoms with Crippen LogP contribution in [-0.4, -0.2) is 57.7 Å². The zero-order chi connectivity index (χ0) is 12.8. The lowest BCUT2D eigenvalue weighted by atomic mass is 9.94. The van der Waals surface area contributed by atoms with E-state index in [-0.39, 0.29) is 31.9 Å². The summed E-state index contributed by atoms with van der Waals surface area (Å²) in [5.41, 5.74) is -0.912. The quantitative estimate of drug-likeness (QED) is 0.574. The minimum absolute atomic E-state index is 0.224. The van der Waals surface area contributed by atoms with Gasteiger partial charge in [0, 0.05) is 12.1 Å². The number of rotatable bonds is 8. The summed E-state index contributed by atoms with van der Waals surface area (Å²) in [5.74, 6) is 0. The van der Waals surface area contributed by atoms with Crippen molar-refractivity contribution < 1.29 is 15.3 Å². The van der Waals surface area contributed by atoms with E-state index in [1.54, 1.807) is 0 Å². The Morgan fingerprint density at radius 2 is 1.19 bits per heavy atom. The highest BCUT2D eigenvalue weighted by molar-refractivity contribution is 4.94. The smallest absolute Gasteiger partial charge is 0.0911 e. The largest absolute Gasteiger partial charge is 0.394 e. The number of hydrogen-bond donors (Lipinski definition) is 3. The van der Waals surface area contributed by atoms with Crippen LogP contribution in [0.1, 0.15) is 40.5 Å². The van der Waals surface area contributed by atoms with Gasteiger partial charge in [-0.25, -0.2) is 0 Å². The van der Waals surface area contributed by atoms with Gasteiger partial charge in [0.1, 0.15) is 0 Å². The third-order valence-corrected chi connectivity index (χ3v) is 3.56. The maximum atomic E-state index is 9.47. The molecule has 0 heterocycles. The zero-order valence-corrected chi connectivity index (χ0v) is 11.0. The average molecular weight is 233 g/mol. The summed E-state index contributed by atoms with van der Waals surface area (Å²) in [5, 5.41) is 28.4. The van der Waals surface area contributed by atoms with Crippen molar-refractivity contribution in [1.82, 2.24) is 4.90 Å². The van der Waals surface area contributed by atoms with Crippen molar-refractivity contribution in [2.24, 2.45) is 0 Å². The Balaban J connectivity index is 5.10. The summed E-state index contributed by atoms with van der Waals surface area (Å²) in [6.45, 7) is 7.57. The fourth-order valence-corrected chi connectivity index (χ4v) is 2.16. The standard InChI is InChI=1S/C12H27NO3/c1-5-10(3)13(11(4)6-2)12(7-14,8-15)9-16/h10-11,14-16H,5-9H2,1-4H3. The van der Waals surface area contributed by atoms with E-state index in [1.807, 2.05) is 4.90 Å². The minimum Gasteiger partial charge on any atom is -0.394 e. The molecule has 0 radical (unpaired) electrons. The molecule has 3 N–H and O–H groups in total. The molecule has 98 valence electrons. The molecule has 0 aliphatic rings. The Labute approximate surface area is 98.9 Å². The average Bonchev–Trinajstić information content (AvgIpc) is 2.34. The molecular weight excluding hydrogens is 206 g/mol. The van der Waals surface area contributed by atoms with Gasteiger partial charge in [-0.05, 0) is 26.7 Å². The summed E-state index contributed by atoms with van der Waals surface area (Å²) < 4.78 is 0. The minimum atomic E-state index is -0.912. The summed E-state index contributed by atoms with van der Waals surface area (Å²) >= 11 is 0. The lowest BCUT2D eigenvalue weighted by molar-refractivity contribution is -0.0852. The molecule has 0 aromatic rings. The topological polar surface area (TPSA) is 63.9 Å². The first kappa shape index (κ1) is 15.8. The van der Waals surface area contributed by atoms with Crippen LogP contribution in [-0.2, 0) is 0 Å². The lowest BCUT2D eigenvalue weighted by Crippen LogP contribution is -2.62. The van der Waals surface area contributed by atoms with Crippen LogP contribution in [0.25, 0.3) is 0 Å². The first-order chi connectivity index (χ1) is 7.52. The fourth-order valence-electron chi connectivity index (χ4n) is 2.16. The van der Waals surface area contributed by atoms with Gasteiger partial charge in [0.2, 0.25) is 0 Å². The molecule has 2 atom stereocenters. The van der Waals surface area contributed by atoms with Gasteiger partial charge in [0.25, 0.3) is 0 Å². The number of nitrogens with zero attached hydrogens (tertiary/aromatic N) is 1. The van der Waals surface area contributed by atoms with E-state index in [0.717, 1.165) is 12.8 Å². The molecular formula is C12H27NO3. The second kappa shape index (κ2) is 7.22.